The van der Waals surface area contributed by atoms with Crippen LogP contribution in [0.15, 0.2) is 0 Å². The second kappa shape index (κ2) is 10.2. The minimum absolute atomic E-state index is 0.0367. The number of aliphatic hydroxyl groups excluding tert-OH is 7. The van der Waals surface area contributed by atoms with E-state index in [9.17, 15) is 40.5 Å². The fraction of sp³-hybridized carbons (Fsp3) is 0.950. The second-order valence-corrected chi connectivity index (χ2v) is 8.83. The highest BCUT2D eigenvalue weighted by molar-refractivity contribution is 5.89. The van der Waals surface area contributed by atoms with Gasteiger partial charge in [-0.1, -0.05) is 6.92 Å². The Bertz CT molecular complexity index is 632. The minimum Gasteiger partial charge on any atom is -0.394 e. The van der Waals surface area contributed by atoms with Crippen LogP contribution in [0.4, 0.5) is 0 Å². The van der Waals surface area contributed by atoms with Gasteiger partial charge in [-0.3, -0.25) is 4.79 Å². The summed E-state index contributed by atoms with van der Waals surface area (Å²) in [7, 11) is 1.27. The molecule has 3 aliphatic heterocycles. The molecule has 3 fully saturated rings. The van der Waals surface area contributed by atoms with Crippen LogP contribution < -0.4 is 0 Å². The Morgan fingerprint density at radius 1 is 1.19 bits per heavy atom. The molecule has 0 aromatic heterocycles. The van der Waals surface area contributed by atoms with E-state index < -0.39 is 91.6 Å². The molecule has 3 heterocycles. The van der Waals surface area contributed by atoms with Crippen LogP contribution in [0, 0.1) is 11.8 Å². The number of methoxy groups -OCH3 is 1. The highest BCUT2D eigenvalue weighted by atomic mass is 16.7. The molecule has 3 rings (SSSR count). The van der Waals surface area contributed by atoms with E-state index in [4.69, 9.17) is 18.9 Å². The monoisotopic (exact) mass is 466 g/mol. The highest BCUT2D eigenvalue weighted by Crippen LogP contribution is 2.46. The zero-order valence-electron chi connectivity index (χ0n) is 18.1. The largest absolute Gasteiger partial charge is 0.394 e. The number of Topliss-reactive ketones (excluding diaryl/α,β-unsaturated/α-hetero) is 1. The molecule has 3 saturated heterocycles. The van der Waals surface area contributed by atoms with E-state index in [0.29, 0.717) is 0 Å². The molecule has 0 radical (unpaired) electrons. The fourth-order valence-corrected chi connectivity index (χ4v) is 5.06. The number of carbonyl (C=O) groups excluding carboxylic acids is 1. The molecule has 7 N–H and O–H groups in total. The normalized spacial score (nSPS) is 47.4. The minimum atomic E-state index is -1.87. The van der Waals surface area contributed by atoms with Crippen LogP contribution >= 0.6 is 0 Å². The summed E-state index contributed by atoms with van der Waals surface area (Å²) in [5.74, 6) is -2.39. The Balaban J connectivity index is 2.02. The molecular weight excluding hydrogens is 432 g/mol. The maximum Gasteiger partial charge on any atom is 0.184 e. The van der Waals surface area contributed by atoms with Crippen molar-refractivity contribution in [3.63, 3.8) is 0 Å². The van der Waals surface area contributed by atoms with E-state index in [0.717, 1.165) is 0 Å². The molecular formula is C20H34O12. The molecule has 32 heavy (non-hydrogen) atoms. The summed E-state index contributed by atoms with van der Waals surface area (Å²) in [5.41, 5.74) is -1.87. The summed E-state index contributed by atoms with van der Waals surface area (Å²) >= 11 is 0. The van der Waals surface area contributed by atoms with Gasteiger partial charge in [-0.15, -0.1) is 0 Å². The first-order chi connectivity index (χ1) is 15.1. The molecule has 0 aliphatic carbocycles. The van der Waals surface area contributed by atoms with Gasteiger partial charge in [0, 0.05) is 31.8 Å². The molecule has 0 aromatic rings. The smallest absolute Gasteiger partial charge is 0.184 e. The summed E-state index contributed by atoms with van der Waals surface area (Å²) in [4.78, 5) is 13.2. The first kappa shape index (κ1) is 25.8. The van der Waals surface area contributed by atoms with Crippen LogP contribution in [-0.4, -0.2) is 129 Å². The first-order valence-electron chi connectivity index (χ1n) is 10.8. The van der Waals surface area contributed by atoms with Crippen molar-refractivity contribution in [3.8, 4) is 0 Å². The summed E-state index contributed by atoms with van der Waals surface area (Å²) < 4.78 is 22.4. The fourth-order valence-electron chi connectivity index (χ4n) is 5.06. The van der Waals surface area contributed by atoms with Crippen molar-refractivity contribution in [2.24, 2.45) is 11.8 Å². The lowest BCUT2D eigenvalue weighted by molar-refractivity contribution is -0.323. The predicted molar refractivity (Wildman–Crippen MR) is 104 cm³/mol. The Morgan fingerprint density at radius 3 is 2.47 bits per heavy atom. The summed E-state index contributed by atoms with van der Waals surface area (Å²) in [6.45, 7) is 0.169. The predicted octanol–water partition coefficient (Wildman–Crippen LogP) is -3.72. The quantitative estimate of drug-likeness (QED) is 0.203. The second-order valence-electron chi connectivity index (χ2n) is 8.83. The Hall–Kier alpha value is -0.770. The van der Waals surface area contributed by atoms with Gasteiger partial charge in [0.2, 0.25) is 0 Å². The van der Waals surface area contributed by atoms with Gasteiger partial charge >= 0.3 is 0 Å². The summed E-state index contributed by atoms with van der Waals surface area (Å²) in [6.07, 6.45) is -12.6. The van der Waals surface area contributed by atoms with Crippen LogP contribution in [0.5, 0.6) is 0 Å². The summed E-state index contributed by atoms with van der Waals surface area (Å²) in [5, 5.41) is 71.8. The van der Waals surface area contributed by atoms with E-state index in [-0.39, 0.29) is 19.4 Å². The number of ether oxygens (including phenoxy) is 4. The average molecular weight is 466 g/mol. The molecule has 186 valence electrons. The van der Waals surface area contributed by atoms with Crippen molar-refractivity contribution >= 4 is 5.78 Å². The van der Waals surface area contributed by atoms with Crippen LogP contribution in [0.25, 0.3) is 0 Å². The maximum atomic E-state index is 13.2. The van der Waals surface area contributed by atoms with Gasteiger partial charge in [0.05, 0.1) is 38.1 Å². The number of rotatable bonds is 6. The van der Waals surface area contributed by atoms with Gasteiger partial charge in [0.1, 0.15) is 30.5 Å². The molecule has 1 spiro atoms. The van der Waals surface area contributed by atoms with Crippen molar-refractivity contribution in [2.45, 2.75) is 80.5 Å². The molecule has 6 unspecified atom stereocenters. The van der Waals surface area contributed by atoms with Gasteiger partial charge in [0.25, 0.3) is 0 Å². The molecule has 12 nitrogen and oxygen atoms in total. The number of hydrogen-bond acceptors (Lipinski definition) is 12. The highest BCUT2D eigenvalue weighted by Gasteiger charge is 2.63. The van der Waals surface area contributed by atoms with Crippen LogP contribution in [-0.2, 0) is 23.7 Å². The molecule has 0 bridgehead atoms. The van der Waals surface area contributed by atoms with E-state index >= 15 is 0 Å². The van der Waals surface area contributed by atoms with Crippen LogP contribution in [0.3, 0.4) is 0 Å². The molecule has 12 heteroatoms. The standard InChI is InChI=1S/C20H34O12/c1-8-9(23)5-20(32-17(8)14(26)10(24)6-21)12(25)3-4-30-18(20)13-15(27)11(7-22)31-19(29-2)16(13)28/h8-11,13-19,21-24,26-28H,3-7H2,1-2H3/t8-,9-,10?,11?,13+,14?,15?,16+,17?,18+,19?,20-/m1/s1. The van der Waals surface area contributed by atoms with Gasteiger partial charge in [-0.2, -0.15) is 0 Å². The average Bonchev–Trinajstić information content (AvgIpc) is 2.78. The lowest BCUT2D eigenvalue weighted by atomic mass is 9.68. The Morgan fingerprint density at radius 2 is 1.88 bits per heavy atom. The molecule has 0 amide bonds. The molecule has 0 aromatic carbocycles. The van der Waals surface area contributed by atoms with E-state index in [1.165, 1.54) is 7.11 Å². The SMILES string of the molecule is COC1OC(CO)C(O)[C@H]([C@@H]2OCCC(=O)[C@]23C[C@@H](O)[C@@H](C)C(C(O)C(O)CO)O3)[C@@H]1O. The first-order valence-corrected chi connectivity index (χ1v) is 10.8. The van der Waals surface area contributed by atoms with Crippen molar-refractivity contribution in [1.29, 1.82) is 0 Å². The van der Waals surface area contributed by atoms with Crippen molar-refractivity contribution in [3.05, 3.63) is 0 Å². The Labute approximate surface area is 185 Å². The number of ketones is 1. The molecule has 0 saturated carbocycles. The molecule has 3 aliphatic rings. The lowest BCUT2D eigenvalue weighted by Crippen LogP contribution is -2.72. The van der Waals surface area contributed by atoms with E-state index in [1.807, 2.05) is 0 Å². The van der Waals surface area contributed by atoms with Crippen molar-refractivity contribution in [2.75, 3.05) is 26.9 Å². The van der Waals surface area contributed by atoms with Gasteiger partial charge < -0.3 is 54.7 Å². The topological polar surface area (TPSA) is 196 Å². The van der Waals surface area contributed by atoms with E-state index in [2.05, 4.69) is 0 Å². The van der Waals surface area contributed by atoms with Gasteiger partial charge in [0.15, 0.2) is 17.7 Å². The number of hydrogen-bond donors (Lipinski definition) is 7. The van der Waals surface area contributed by atoms with Crippen LogP contribution in [0.1, 0.15) is 19.8 Å². The third-order valence-electron chi connectivity index (χ3n) is 6.98. The third-order valence-corrected chi connectivity index (χ3v) is 6.98. The van der Waals surface area contributed by atoms with Gasteiger partial charge in [-0.05, 0) is 0 Å². The summed E-state index contributed by atoms with van der Waals surface area (Å²) in [6, 6.07) is 0. The van der Waals surface area contributed by atoms with E-state index in [1.54, 1.807) is 6.92 Å². The van der Waals surface area contributed by atoms with Crippen molar-refractivity contribution < 1.29 is 59.5 Å². The van der Waals surface area contributed by atoms with Crippen LogP contribution in [0.2, 0.25) is 0 Å². The Kier molecular flexibility index (Phi) is 8.27. The zero-order valence-corrected chi connectivity index (χ0v) is 18.1. The maximum absolute atomic E-state index is 13.2. The zero-order chi connectivity index (χ0) is 23.8. The number of aliphatic hydroxyl groups is 7. The molecule has 12 atom stereocenters. The number of carbonyl (C=O) groups is 1. The van der Waals surface area contributed by atoms with Crippen molar-refractivity contribution in [1.82, 2.24) is 0 Å². The van der Waals surface area contributed by atoms with Gasteiger partial charge in [-0.25, -0.2) is 0 Å². The third kappa shape index (κ3) is 4.34. The lowest BCUT2D eigenvalue weighted by Gasteiger charge is -2.55.